The number of anilines is 1. The number of halogens is 1. The molecule has 1 aromatic carbocycles. The van der Waals surface area contributed by atoms with E-state index in [1.807, 2.05) is 12.1 Å². The zero-order chi connectivity index (χ0) is 16.9. The molecule has 0 aliphatic carbocycles. The first-order valence-corrected chi connectivity index (χ1v) is 8.01. The van der Waals surface area contributed by atoms with Crippen molar-refractivity contribution in [3.63, 3.8) is 0 Å². The Morgan fingerprint density at radius 2 is 2.09 bits per heavy atom. The molecule has 2 aliphatic heterocycles. The van der Waals surface area contributed by atoms with Gasteiger partial charge >= 0.3 is 0 Å². The van der Waals surface area contributed by atoms with Crippen LogP contribution in [0, 0.1) is 0 Å². The normalized spacial score (nSPS) is 22.4. The summed E-state index contributed by atoms with van der Waals surface area (Å²) in [5.41, 5.74) is 12.1. The van der Waals surface area contributed by atoms with Gasteiger partial charge in [0.25, 0.3) is 5.91 Å². The molecule has 1 spiro atoms. The Morgan fingerprint density at radius 1 is 1.39 bits per heavy atom. The van der Waals surface area contributed by atoms with Gasteiger partial charge in [0.2, 0.25) is 11.6 Å². The highest BCUT2D eigenvalue weighted by atomic mass is 79.9. The lowest BCUT2D eigenvalue weighted by Gasteiger charge is -2.31. The fourth-order valence-corrected chi connectivity index (χ4v) is 3.37. The largest absolute Gasteiger partial charge is 0.456 e. The van der Waals surface area contributed by atoms with Gasteiger partial charge in [0.1, 0.15) is 11.3 Å². The second-order valence-electron chi connectivity index (χ2n) is 5.96. The molecule has 23 heavy (non-hydrogen) atoms. The van der Waals surface area contributed by atoms with Crippen LogP contribution in [0.2, 0.25) is 0 Å². The van der Waals surface area contributed by atoms with Crippen LogP contribution in [-0.4, -0.2) is 11.6 Å². The number of nitrogens with two attached hydrogens (primary N) is 2. The second-order valence-corrected chi connectivity index (χ2v) is 6.81. The molecule has 2 aliphatic rings. The fraction of sp³-hybridized carbons (Fsp3) is 0.312. The van der Waals surface area contributed by atoms with Crippen molar-refractivity contribution in [3.8, 4) is 5.75 Å². The van der Waals surface area contributed by atoms with Crippen molar-refractivity contribution < 1.29 is 14.3 Å². The van der Waals surface area contributed by atoms with E-state index in [0.717, 1.165) is 15.7 Å². The van der Waals surface area contributed by atoms with Crippen molar-refractivity contribution >= 4 is 27.5 Å². The van der Waals surface area contributed by atoms with Gasteiger partial charge in [-0.15, -0.1) is 0 Å². The maximum Gasteiger partial charge on any atom is 0.256 e. The highest BCUT2D eigenvalue weighted by molar-refractivity contribution is 9.10. The molecule has 0 unspecified atom stereocenters. The molecule has 1 aromatic rings. The van der Waals surface area contributed by atoms with E-state index >= 15 is 0 Å². The number of carbonyl (C=O) groups excluding carboxylic acids is 1. The van der Waals surface area contributed by atoms with Gasteiger partial charge in [-0.2, -0.15) is 0 Å². The van der Waals surface area contributed by atoms with Crippen LogP contribution in [0.3, 0.4) is 0 Å². The summed E-state index contributed by atoms with van der Waals surface area (Å²) in [6.45, 7) is 5.94. The molecule has 6 nitrogen and oxygen atoms in total. The first kappa shape index (κ1) is 15.7. The van der Waals surface area contributed by atoms with Gasteiger partial charge in [-0.3, -0.25) is 4.79 Å². The zero-order valence-electron chi connectivity index (χ0n) is 13.1. The van der Waals surface area contributed by atoms with E-state index in [-0.39, 0.29) is 11.5 Å². The molecule has 0 fully saturated rings. The Balaban J connectivity index is 2.13. The van der Waals surface area contributed by atoms with E-state index in [1.54, 1.807) is 13.0 Å². The Morgan fingerprint density at radius 3 is 2.70 bits per heavy atom. The minimum absolute atomic E-state index is 0.0531. The van der Waals surface area contributed by atoms with E-state index in [4.69, 9.17) is 20.9 Å². The average Bonchev–Trinajstić information content (AvgIpc) is 2.75. The number of allylic oxidation sites excluding steroid dienone is 1. The topological polar surface area (TPSA) is 99.6 Å². The summed E-state index contributed by atoms with van der Waals surface area (Å²) in [4.78, 5) is 11.9. The predicted octanol–water partition coefficient (Wildman–Crippen LogP) is 2.66. The van der Waals surface area contributed by atoms with E-state index in [0.29, 0.717) is 17.4 Å². The number of primary amides is 1. The molecule has 2 heterocycles. The molecule has 0 radical (unpaired) electrons. The second kappa shape index (κ2) is 5.19. The number of benzene rings is 1. The summed E-state index contributed by atoms with van der Waals surface area (Å²) in [5.74, 6) is 0.711. The molecule has 3 rings (SSSR count). The molecule has 122 valence electrons. The Labute approximate surface area is 142 Å². The summed E-state index contributed by atoms with van der Waals surface area (Å²) in [7, 11) is 0. The minimum Gasteiger partial charge on any atom is -0.456 e. The molecule has 1 atom stereocenters. The van der Waals surface area contributed by atoms with Crippen LogP contribution in [0.15, 0.2) is 39.9 Å². The Hall–Kier alpha value is -2.15. The first-order valence-electron chi connectivity index (χ1n) is 7.21. The third-order valence-corrected chi connectivity index (χ3v) is 4.45. The van der Waals surface area contributed by atoms with E-state index in [2.05, 4.69) is 35.1 Å². The quantitative estimate of drug-likeness (QED) is 0.733. The highest BCUT2D eigenvalue weighted by Gasteiger charge is 2.48. The lowest BCUT2D eigenvalue weighted by atomic mass is 9.99. The summed E-state index contributed by atoms with van der Waals surface area (Å²) < 4.78 is 12.2. The molecule has 1 amide bonds. The SMILES string of the molecule is CC1=C[C@]2(Nc3cc(C(C)C)cc(Br)c3O2)C(C(N)=O)=C(N)O1. The number of hydrogen-bond acceptors (Lipinski definition) is 5. The van der Waals surface area contributed by atoms with Crippen molar-refractivity contribution in [1.82, 2.24) is 0 Å². The van der Waals surface area contributed by atoms with Crippen molar-refractivity contribution in [3.05, 3.63) is 45.5 Å². The monoisotopic (exact) mass is 379 g/mol. The van der Waals surface area contributed by atoms with Crippen LogP contribution in [0.1, 0.15) is 32.3 Å². The van der Waals surface area contributed by atoms with Gasteiger partial charge in [-0.05, 0) is 46.5 Å². The number of rotatable bonds is 2. The molecule has 0 saturated heterocycles. The summed E-state index contributed by atoms with van der Waals surface area (Å²) in [6.07, 6.45) is 1.66. The number of amides is 1. The van der Waals surface area contributed by atoms with Crippen molar-refractivity contribution in [1.29, 1.82) is 0 Å². The Kier molecular flexibility index (Phi) is 3.55. The van der Waals surface area contributed by atoms with Crippen LogP contribution >= 0.6 is 15.9 Å². The average molecular weight is 380 g/mol. The molecule has 0 aromatic heterocycles. The smallest absolute Gasteiger partial charge is 0.256 e. The molecular formula is C16H18BrN3O3. The van der Waals surface area contributed by atoms with Crippen LogP contribution in [0.25, 0.3) is 0 Å². The summed E-state index contributed by atoms with van der Waals surface area (Å²) >= 11 is 3.52. The lowest BCUT2D eigenvalue weighted by molar-refractivity contribution is -0.116. The zero-order valence-corrected chi connectivity index (χ0v) is 14.7. The van der Waals surface area contributed by atoms with Crippen LogP contribution in [0.5, 0.6) is 5.75 Å². The van der Waals surface area contributed by atoms with Crippen LogP contribution in [-0.2, 0) is 9.53 Å². The predicted molar refractivity (Wildman–Crippen MR) is 90.5 cm³/mol. The molecule has 5 N–H and O–H groups in total. The number of nitrogens with one attached hydrogen (secondary N) is 1. The van der Waals surface area contributed by atoms with Gasteiger partial charge in [0, 0.05) is 6.08 Å². The van der Waals surface area contributed by atoms with Crippen molar-refractivity contribution in [2.24, 2.45) is 11.5 Å². The Bertz CT molecular complexity index is 770. The first-order chi connectivity index (χ1) is 10.7. The van der Waals surface area contributed by atoms with Crippen LogP contribution in [0.4, 0.5) is 5.69 Å². The number of ether oxygens (including phenoxy) is 2. The van der Waals surface area contributed by atoms with Gasteiger partial charge in [0.05, 0.1) is 10.2 Å². The standard InChI is InChI=1S/C16H18BrN3O3/c1-7(2)9-4-10(17)13-11(5-9)20-16(23-13)6-8(3)22-15(19)12(16)14(18)21/h4-7,20H,19H2,1-3H3,(H2,18,21)/t16-/m1/s1. The molecule has 0 saturated carbocycles. The molecule has 7 heteroatoms. The van der Waals surface area contributed by atoms with Gasteiger partial charge in [-0.1, -0.05) is 13.8 Å². The maximum absolute atomic E-state index is 11.9. The third kappa shape index (κ3) is 2.45. The van der Waals surface area contributed by atoms with Gasteiger partial charge < -0.3 is 26.3 Å². The third-order valence-electron chi connectivity index (χ3n) is 3.86. The minimum atomic E-state index is -1.25. The number of hydrogen-bond donors (Lipinski definition) is 3. The van der Waals surface area contributed by atoms with E-state index < -0.39 is 11.6 Å². The van der Waals surface area contributed by atoms with E-state index in [9.17, 15) is 4.79 Å². The summed E-state index contributed by atoms with van der Waals surface area (Å²) in [5, 5.41) is 3.23. The van der Waals surface area contributed by atoms with Gasteiger partial charge in [0.15, 0.2) is 5.75 Å². The van der Waals surface area contributed by atoms with Crippen LogP contribution < -0.4 is 21.5 Å². The molecular weight excluding hydrogens is 362 g/mol. The summed E-state index contributed by atoms with van der Waals surface area (Å²) in [6, 6.07) is 3.99. The number of carbonyl (C=O) groups is 1. The van der Waals surface area contributed by atoms with Gasteiger partial charge in [-0.25, -0.2) is 0 Å². The van der Waals surface area contributed by atoms with Crippen molar-refractivity contribution in [2.45, 2.75) is 32.4 Å². The lowest BCUT2D eigenvalue weighted by Crippen LogP contribution is -2.48. The van der Waals surface area contributed by atoms with E-state index in [1.165, 1.54) is 0 Å². The number of fused-ring (bicyclic) bond motifs is 1. The highest BCUT2D eigenvalue weighted by Crippen LogP contribution is 2.48. The molecule has 0 bridgehead atoms. The fourth-order valence-electron chi connectivity index (χ4n) is 2.81. The maximum atomic E-state index is 11.9. The van der Waals surface area contributed by atoms with Crippen molar-refractivity contribution in [2.75, 3.05) is 5.32 Å².